The molecule has 1 N–H and O–H groups in total. The normalized spacial score (nSPS) is 14.9. The van der Waals surface area contributed by atoms with E-state index in [1.54, 1.807) is 48.5 Å². The molecule has 150 valence electrons. The van der Waals surface area contributed by atoms with Crippen molar-refractivity contribution < 1.29 is 14.3 Å². The summed E-state index contributed by atoms with van der Waals surface area (Å²) in [6, 6.07) is 21.2. The maximum Gasteiger partial charge on any atom is 0.282 e. The van der Waals surface area contributed by atoms with Crippen molar-refractivity contribution in [3.63, 3.8) is 0 Å². The van der Waals surface area contributed by atoms with Crippen molar-refractivity contribution in [3.8, 4) is 5.75 Å². The van der Waals surface area contributed by atoms with Gasteiger partial charge in [-0.1, -0.05) is 59.6 Å². The topological polar surface area (TPSA) is 58.6 Å². The molecule has 1 heterocycles. The third-order valence-electron chi connectivity index (χ3n) is 4.52. The Labute approximate surface area is 183 Å². The van der Waals surface area contributed by atoms with E-state index in [1.807, 2.05) is 24.3 Å². The van der Waals surface area contributed by atoms with Crippen LogP contribution in [0.15, 0.2) is 78.4 Å². The van der Waals surface area contributed by atoms with Crippen LogP contribution in [0.2, 0.25) is 10.0 Å². The van der Waals surface area contributed by atoms with Crippen LogP contribution >= 0.6 is 23.2 Å². The third-order valence-corrected chi connectivity index (χ3v) is 5.12. The highest BCUT2D eigenvalue weighted by atomic mass is 35.5. The lowest BCUT2D eigenvalue weighted by molar-refractivity contribution is -0.117. The molecule has 1 aliphatic heterocycles. The van der Waals surface area contributed by atoms with Gasteiger partial charge in [0.05, 0.1) is 5.69 Å². The zero-order chi connectivity index (χ0) is 21.1. The molecule has 0 atom stereocenters. The van der Waals surface area contributed by atoms with Crippen molar-refractivity contribution in [1.29, 1.82) is 0 Å². The molecular weight excluding hydrogens is 423 g/mol. The average molecular weight is 439 g/mol. The van der Waals surface area contributed by atoms with Crippen LogP contribution in [0.5, 0.6) is 5.75 Å². The van der Waals surface area contributed by atoms with Crippen molar-refractivity contribution in [3.05, 3.63) is 99.5 Å². The number of rotatable bonds is 5. The zero-order valence-corrected chi connectivity index (χ0v) is 17.2. The summed E-state index contributed by atoms with van der Waals surface area (Å²) in [5, 5.41) is 2.26. The molecule has 0 spiro atoms. The molecule has 1 saturated heterocycles. The van der Waals surface area contributed by atoms with Crippen LogP contribution < -0.4 is 15.2 Å². The van der Waals surface area contributed by atoms with Crippen LogP contribution in [0.25, 0.3) is 6.08 Å². The predicted octanol–water partition coefficient (Wildman–Crippen LogP) is 5.03. The van der Waals surface area contributed by atoms with Crippen molar-refractivity contribution in [1.82, 2.24) is 5.43 Å². The van der Waals surface area contributed by atoms with Gasteiger partial charge in [0.15, 0.2) is 0 Å². The number of para-hydroxylation sites is 1. The summed E-state index contributed by atoms with van der Waals surface area (Å²) in [6.45, 7) is 0.230. The maximum absolute atomic E-state index is 12.8. The highest BCUT2D eigenvalue weighted by Crippen LogP contribution is 2.29. The molecule has 4 rings (SSSR count). The minimum atomic E-state index is -0.499. The van der Waals surface area contributed by atoms with Gasteiger partial charge in [0, 0.05) is 21.2 Å². The van der Waals surface area contributed by atoms with Gasteiger partial charge >= 0.3 is 0 Å². The number of hydrogen-bond donors (Lipinski definition) is 1. The molecule has 0 bridgehead atoms. The van der Waals surface area contributed by atoms with E-state index >= 15 is 0 Å². The second-order valence-corrected chi connectivity index (χ2v) is 7.38. The number of amides is 2. The number of nitrogens with zero attached hydrogens (tertiary/aromatic N) is 1. The molecule has 2 amide bonds. The monoisotopic (exact) mass is 438 g/mol. The van der Waals surface area contributed by atoms with E-state index in [0.29, 0.717) is 27.0 Å². The molecule has 7 heteroatoms. The lowest BCUT2D eigenvalue weighted by Gasteiger charge is -2.14. The standard InChI is InChI=1S/C23H16Cl2N2O3/c24-17-10-11-21(30-14-15-6-4-5-9-20(15)25)16(12-17)13-19-22(28)26-27(23(19)29)18-7-2-1-3-8-18/h1-13H,14H2,(H,26,28)/b19-13-. The number of ether oxygens (including phenoxy) is 1. The van der Waals surface area contributed by atoms with Crippen LogP contribution in [-0.2, 0) is 16.2 Å². The quantitative estimate of drug-likeness (QED) is 0.448. The van der Waals surface area contributed by atoms with Crippen LogP contribution in [0, 0.1) is 0 Å². The van der Waals surface area contributed by atoms with Gasteiger partial charge in [-0.05, 0) is 42.5 Å². The number of benzene rings is 3. The number of hydrogen-bond acceptors (Lipinski definition) is 3. The molecule has 0 saturated carbocycles. The Hall–Kier alpha value is -3.28. The lowest BCUT2D eigenvalue weighted by Crippen LogP contribution is -2.35. The fourth-order valence-electron chi connectivity index (χ4n) is 3.01. The van der Waals surface area contributed by atoms with Crippen molar-refractivity contribution in [2.24, 2.45) is 0 Å². The summed E-state index contributed by atoms with van der Waals surface area (Å²) in [5.41, 5.74) is 4.47. The molecule has 0 unspecified atom stereocenters. The molecule has 5 nitrogen and oxygen atoms in total. The number of carbonyl (C=O) groups is 2. The van der Waals surface area contributed by atoms with E-state index < -0.39 is 11.8 Å². The Morgan fingerprint density at radius 2 is 1.67 bits per heavy atom. The van der Waals surface area contributed by atoms with Crippen molar-refractivity contribution in [2.45, 2.75) is 6.61 Å². The fourth-order valence-corrected chi connectivity index (χ4v) is 3.38. The minimum absolute atomic E-state index is 0.0105. The minimum Gasteiger partial charge on any atom is -0.488 e. The summed E-state index contributed by atoms with van der Waals surface area (Å²) in [7, 11) is 0. The van der Waals surface area contributed by atoms with E-state index in [2.05, 4.69) is 5.43 Å². The third kappa shape index (κ3) is 4.17. The van der Waals surface area contributed by atoms with Gasteiger partial charge in [0.1, 0.15) is 17.9 Å². The lowest BCUT2D eigenvalue weighted by atomic mass is 10.1. The summed E-state index contributed by atoms with van der Waals surface area (Å²) in [5.74, 6) is -0.477. The number of anilines is 1. The van der Waals surface area contributed by atoms with Crippen LogP contribution in [0.4, 0.5) is 5.69 Å². The van der Waals surface area contributed by atoms with Crippen LogP contribution in [0.3, 0.4) is 0 Å². The first-order valence-electron chi connectivity index (χ1n) is 9.11. The molecule has 0 aliphatic carbocycles. The number of carbonyl (C=O) groups excluding carboxylic acids is 2. The highest BCUT2D eigenvalue weighted by molar-refractivity contribution is 6.32. The van der Waals surface area contributed by atoms with E-state index in [-0.39, 0.29) is 12.2 Å². The van der Waals surface area contributed by atoms with Gasteiger partial charge in [-0.25, -0.2) is 5.01 Å². The van der Waals surface area contributed by atoms with Crippen molar-refractivity contribution in [2.75, 3.05) is 5.01 Å². The maximum atomic E-state index is 12.8. The van der Waals surface area contributed by atoms with E-state index in [0.717, 1.165) is 5.56 Å². The predicted molar refractivity (Wildman–Crippen MR) is 117 cm³/mol. The fraction of sp³-hybridized carbons (Fsp3) is 0.0435. The number of hydrazine groups is 1. The van der Waals surface area contributed by atoms with Gasteiger partial charge in [0.2, 0.25) is 0 Å². The molecule has 3 aromatic carbocycles. The Bertz CT molecular complexity index is 1150. The van der Waals surface area contributed by atoms with Crippen molar-refractivity contribution >= 4 is 46.8 Å². The first-order chi connectivity index (χ1) is 14.5. The van der Waals surface area contributed by atoms with Gasteiger partial charge in [-0.15, -0.1) is 0 Å². The largest absolute Gasteiger partial charge is 0.488 e. The molecular formula is C23H16Cl2N2O3. The van der Waals surface area contributed by atoms with Gasteiger partial charge in [0.25, 0.3) is 11.8 Å². The first kappa shape index (κ1) is 20.0. The first-order valence-corrected chi connectivity index (χ1v) is 9.86. The second-order valence-electron chi connectivity index (χ2n) is 6.54. The Morgan fingerprint density at radius 1 is 0.933 bits per heavy atom. The van der Waals surface area contributed by atoms with Gasteiger partial charge < -0.3 is 4.74 Å². The number of nitrogens with one attached hydrogen (secondary N) is 1. The average Bonchev–Trinajstić information content (AvgIpc) is 3.03. The molecule has 0 radical (unpaired) electrons. The summed E-state index contributed by atoms with van der Waals surface area (Å²) in [6.07, 6.45) is 1.48. The Balaban J connectivity index is 1.63. The molecule has 30 heavy (non-hydrogen) atoms. The van der Waals surface area contributed by atoms with Crippen LogP contribution in [0.1, 0.15) is 11.1 Å². The smallest absolute Gasteiger partial charge is 0.282 e. The van der Waals surface area contributed by atoms with E-state index in [4.69, 9.17) is 27.9 Å². The summed E-state index contributed by atoms with van der Waals surface area (Å²) < 4.78 is 5.91. The second kappa shape index (κ2) is 8.61. The molecule has 3 aromatic rings. The van der Waals surface area contributed by atoms with Gasteiger partial charge in [-0.3, -0.25) is 15.0 Å². The van der Waals surface area contributed by atoms with Gasteiger partial charge in [-0.2, -0.15) is 0 Å². The van der Waals surface area contributed by atoms with Crippen LogP contribution in [-0.4, -0.2) is 11.8 Å². The molecule has 0 aromatic heterocycles. The number of halogens is 2. The molecule has 1 fully saturated rings. The van der Waals surface area contributed by atoms with E-state index in [9.17, 15) is 9.59 Å². The Kier molecular flexibility index (Phi) is 5.74. The zero-order valence-electron chi connectivity index (χ0n) is 15.6. The Morgan fingerprint density at radius 3 is 2.43 bits per heavy atom. The summed E-state index contributed by atoms with van der Waals surface area (Å²) in [4.78, 5) is 25.3. The van der Waals surface area contributed by atoms with E-state index in [1.165, 1.54) is 11.1 Å². The SMILES string of the molecule is O=C1NN(c2ccccc2)C(=O)/C1=C\c1cc(Cl)ccc1OCc1ccccc1Cl. The summed E-state index contributed by atoms with van der Waals surface area (Å²) >= 11 is 12.3. The highest BCUT2D eigenvalue weighted by Gasteiger charge is 2.34. The molecule has 1 aliphatic rings.